The third-order valence-electron chi connectivity index (χ3n) is 6.04. The quantitative estimate of drug-likeness (QED) is 0.167. The number of anilines is 2. The number of rotatable bonds is 10. The second-order valence-corrected chi connectivity index (χ2v) is 10.6. The van der Waals surface area contributed by atoms with Crippen molar-refractivity contribution in [2.24, 2.45) is 0 Å². The van der Waals surface area contributed by atoms with E-state index >= 15 is 0 Å². The number of hydrogen-bond acceptors (Lipinski definition) is 9. The number of phenols is 1. The summed E-state index contributed by atoms with van der Waals surface area (Å²) in [7, 11) is -3.21. The van der Waals surface area contributed by atoms with Gasteiger partial charge in [0.05, 0.1) is 18.8 Å². The zero-order valence-corrected chi connectivity index (χ0v) is 22.9. The van der Waals surface area contributed by atoms with Crippen molar-refractivity contribution in [2.45, 2.75) is 25.7 Å². The van der Waals surface area contributed by atoms with Crippen molar-refractivity contribution < 1.29 is 37.1 Å². The van der Waals surface area contributed by atoms with Gasteiger partial charge in [-0.2, -0.15) is 0 Å². The molecule has 4 aromatic rings. The van der Waals surface area contributed by atoms with E-state index in [9.17, 15) is 27.9 Å². The lowest BCUT2D eigenvalue weighted by Gasteiger charge is -2.16. The highest BCUT2D eigenvalue weighted by molar-refractivity contribution is 7.93. The molecule has 0 unspecified atom stereocenters. The molecule has 3 N–H and O–H groups in total. The van der Waals surface area contributed by atoms with Crippen molar-refractivity contribution in [3.8, 4) is 11.5 Å². The van der Waals surface area contributed by atoms with Gasteiger partial charge in [-0.15, -0.1) is 0 Å². The third-order valence-corrected chi connectivity index (χ3v) is 7.46. The van der Waals surface area contributed by atoms with Crippen LogP contribution in [-0.4, -0.2) is 38.0 Å². The number of furan rings is 1. The van der Waals surface area contributed by atoms with Crippen molar-refractivity contribution >= 4 is 49.7 Å². The number of fused-ring (bicyclic) bond motifs is 1. The molecule has 0 radical (unpaired) electrons. The van der Waals surface area contributed by atoms with Crippen LogP contribution in [0, 0.1) is 0 Å². The predicted molar refractivity (Wildman–Crippen MR) is 150 cm³/mol. The summed E-state index contributed by atoms with van der Waals surface area (Å²) in [6.45, 7) is 4.45. The topological polar surface area (TPSA) is 152 Å². The molecule has 0 aliphatic heterocycles. The number of ketones is 3. The van der Waals surface area contributed by atoms with Crippen LogP contribution in [0.1, 0.15) is 51.8 Å². The van der Waals surface area contributed by atoms with Crippen molar-refractivity contribution in [2.75, 3.05) is 17.1 Å². The number of allylic oxidation sites excluding steroid dienone is 2. The van der Waals surface area contributed by atoms with E-state index in [2.05, 4.69) is 10.0 Å². The highest BCUT2D eigenvalue weighted by Crippen LogP contribution is 2.44. The number of phenolic OH excluding ortho intramolecular Hbond substituents is 1. The van der Waals surface area contributed by atoms with Crippen LogP contribution in [0.5, 0.6) is 11.5 Å². The summed E-state index contributed by atoms with van der Waals surface area (Å²) < 4.78 is 40.1. The van der Waals surface area contributed by atoms with Gasteiger partial charge in [-0.3, -0.25) is 19.1 Å². The van der Waals surface area contributed by atoms with E-state index in [4.69, 9.17) is 9.15 Å². The molecule has 10 nitrogen and oxygen atoms in total. The third kappa shape index (κ3) is 5.59. The summed E-state index contributed by atoms with van der Waals surface area (Å²) in [6.07, 6.45) is 2.40. The molecule has 0 aliphatic carbocycles. The number of Topliss-reactive ketones (excluding diaryl/α,β-unsaturated/α-hetero) is 2. The van der Waals surface area contributed by atoms with Crippen molar-refractivity contribution in [1.82, 2.24) is 0 Å². The Morgan fingerprint density at radius 2 is 1.43 bits per heavy atom. The molecule has 0 spiro atoms. The molecule has 0 atom stereocenters. The summed E-state index contributed by atoms with van der Waals surface area (Å²) in [5, 5.41) is 14.4. The maximum absolute atomic E-state index is 13.5. The standard InChI is InChI=1S/C29H26N2O8S/c1-16(30-21-9-5-19(6-10-21)17(2)32)15-24(34)25-26(35)29(28-23(13-14-39-28)27(25)38-4)40(36,37)31-22-11-7-20(8-12-22)18(3)33/h5-15,30-31,35H,1-4H3/b16-15+. The van der Waals surface area contributed by atoms with Crippen LogP contribution in [0.3, 0.4) is 0 Å². The van der Waals surface area contributed by atoms with E-state index in [1.165, 1.54) is 63.6 Å². The smallest absolute Gasteiger partial charge is 0.269 e. The molecule has 206 valence electrons. The fraction of sp³-hybridized carbons (Fsp3) is 0.138. The molecular formula is C29H26N2O8S. The van der Waals surface area contributed by atoms with Crippen molar-refractivity contribution in [3.63, 3.8) is 0 Å². The van der Waals surface area contributed by atoms with Crippen molar-refractivity contribution in [3.05, 3.63) is 89.3 Å². The summed E-state index contributed by atoms with van der Waals surface area (Å²) in [5.41, 5.74) is 1.45. The van der Waals surface area contributed by atoms with E-state index < -0.39 is 26.5 Å². The lowest BCUT2D eigenvalue weighted by Crippen LogP contribution is -2.15. The maximum atomic E-state index is 13.5. The lowest BCUT2D eigenvalue weighted by molar-refractivity contribution is 0.100. The molecule has 1 aromatic heterocycles. The van der Waals surface area contributed by atoms with E-state index in [1.54, 1.807) is 31.2 Å². The number of ether oxygens (including phenoxy) is 1. The molecule has 4 rings (SSSR count). The molecule has 0 saturated carbocycles. The van der Waals surface area contributed by atoms with Gasteiger partial charge < -0.3 is 19.6 Å². The number of methoxy groups -OCH3 is 1. The number of sulfonamides is 1. The minimum absolute atomic E-state index is 0.0640. The van der Waals surface area contributed by atoms with Gasteiger partial charge in [-0.25, -0.2) is 8.42 Å². The number of aromatic hydroxyl groups is 1. The molecular weight excluding hydrogens is 536 g/mol. The summed E-state index contributed by atoms with van der Waals surface area (Å²) in [6, 6.07) is 13.8. The fourth-order valence-electron chi connectivity index (χ4n) is 4.12. The van der Waals surface area contributed by atoms with Crippen molar-refractivity contribution in [1.29, 1.82) is 0 Å². The summed E-state index contributed by atoms with van der Waals surface area (Å²) >= 11 is 0. The van der Waals surface area contributed by atoms with E-state index in [0.29, 0.717) is 22.5 Å². The van der Waals surface area contributed by atoms with Crippen LogP contribution in [0.25, 0.3) is 11.0 Å². The van der Waals surface area contributed by atoms with Crippen LogP contribution < -0.4 is 14.8 Å². The molecule has 0 amide bonds. The fourth-order valence-corrected chi connectivity index (χ4v) is 5.42. The predicted octanol–water partition coefficient (Wildman–Crippen LogP) is 5.55. The highest BCUT2D eigenvalue weighted by atomic mass is 32.2. The van der Waals surface area contributed by atoms with Crippen LogP contribution in [0.15, 0.2) is 81.9 Å². The van der Waals surface area contributed by atoms with Crippen LogP contribution in [0.4, 0.5) is 11.4 Å². The van der Waals surface area contributed by atoms with Crippen LogP contribution in [0.2, 0.25) is 0 Å². The first kappa shape index (κ1) is 28.1. The van der Waals surface area contributed by atoms with E-state index in [0.717, 1.165) is 0 Å². The highest BCUT2D eigenvalue weighted by Gasteiger charge is 2.33. The molecule has 3 aromatic carbocycles. The Morgan fingerprint density at radius 1 is 0.875 bits per heavy atom. The zero-order chi connectivity index (χ0) is 29.2. The van der Waals surface area contributed by atoms with Gasteiger partial charge >= 0.3 is 0 Å². The number of carbonyl (C=O) groups is 3. The first-order valence-corrected chi connectivity index (χ1v) is 13.5. The van der Waals surface area contributed by atoms with Gasteiger partial charge in [0.15, 0.2) is 33.6 Å². The SMILES string of the molecule is COc1c(C(=O)/C=C(\C)Nc2ccc(C(C)=O)cc2)c(O)c(S(=O)(=O)Nc2ccc(C(C)=O)cc2)c2occc12. The molecule has 0 bridgehead atoms. The molecule has 40 heavy (non-hydrogen) atoms. The molecule has 0 fully saturated rings. The molecule has 0 saturated heterocycles. The van der Waals surface area contributed by atoms with Crippen LogP contribution in [-0.2, 0) is 10.0 Å². The average Bonchev–Trinajstić information content (AvgIpc) is 3.36. The normalized spacial score (nSPS) is 11.8. The first-order chi connectivity index (χ1) is 18.9. The Morgan fingerprint density at radius 3 is 1.95 bits per heavy atom. The van der Waals surface area contributed by atoms with Gasteiger partial charge in [0.1, 0.15) is 11.3 Å². The largest absolute Gasteiger partial charge is 0.505 e. The Labute approximate surface area is 230 Å². The average molecular weight is 563 g/mol. The Kier molecular flexibility index (Phi) is 7.78. The molecule has 0 aliphatic rings. The minimum Gasteiger partial charge on any atom is -0.505 e. The van der Waals surface area contributed by atoms with Crippen LogP contribution >= 0.6 is 0 Å². The second-order valence-electron chi connectivity index (χ2n) is 8.94. The summed E-state index contributed by atoms with van der Waals surface area (Å²) in [4.78, 5) is 35.8. The van der Waals surface area contributed by atoms with Gasteiger partial charge in [0.25, 0.3) is 10.0 Å². The maximum Gasteiger partial charge on any atom is 0.269 e. The van der Waals surface area contributed by atoms with Gasteiger partial charge in [0.2, 0.25) is 0 Å². The zero-order valence-electron chi connectivity index (χ0n) is 22.1. The minimum atomic E-state index is -4.49. The number of benzene rings is 3. The number of carbonyl (C=O) groups excluding carboxylic acids is 3. The molecule has 11 heteroatoms. The monoisotopic (exact) mass is 562 g/mol. The van der Waals surface area contributed by atoms with Gasteiger partial charge in [-0.05, 0) is 75.4 Å². The van der Waals surface area contributed by atoms with E-state index in [1.807, 2.05) is 0 Å². The number of nitrogens with one attached hydrogen (secondary N) is 2. The Balaban J connectivity index is 1.75. The van der Waals surface area contributed by atoms with Gasteiger partial charge in [0, 0.05) is 34.3 Å². The Hall–Kier alpha value is -4.90. The second kappa shape index (κ2) is 11.1. The summed E-state index contributed by atoms with van der Waals surface area (Å²) in [5.74, 6) is -1.92. The first-order valence-electron chi connectivity index (χ1n) is 12.0. The molecule has 1 heterocycles. The lowest BCUT2D eigenvalue weighted by atomic mass is 10.0. The Bertz CT molecular complexity index is 1770. The van der Waals surface area contributed by atoms with Gasteiger partial charge in [-0.1, -0.05) is 0 Å². The van der Waals surface area contributed by atoms with E-state index in [-0.39, 0.29) is 39.5 Å². The number of hydrogen-bond donors (Lipinski definition) is 3.